The van der Waals surface area contributed by atoms with Gasteiger partial charge in [-0.15, -0.1) is 0 Å². The molecule has 0 bridgehead atoms. The van der Waals surface area contributed by atoms with Gasteiger partial charge in [-0.1, -0.05) is 29.8 Å². The topological polar surface area (TPSA) is 41.1 Å². The zero-order chi connectivity index (χ0) is 16.4. The number of rotatable bonds is 4. The molecule has 1 fully saturated rings. The number of amides is 2. The van der Waals surface area contributed by atoms with E-state index in [-0.39, 0.29) is 11.4 Å². The van der Waals surface area contributed by atoms with Gasteiger partial charge in [-0.05, 0) is 67.6 Å². The minimum absolute atomic E-state index is 0.0745. The highest BCUT2D eigenvalue weighted by Gasteiger charge is 2.44. The van der Waals surface area contributed by atoms with E-state index in [9.17, 15) is 4.79 Å². The summed E-state index contributed by atoms with van der Waals surface area (Å²) in [5.74, 6) is 0. The van der Waals surface area contributed by atoms with Gasteiger partial charge in [-0.3, -0.25) is 0 Å². The fourth-order valence-electron chi connectivity index (χ4n) is 2.77. The van der Waals surface area contributed by atoms with Crippen molar-refractivity contribution in [2.45, 2.75) is 32.1 Å². The SMILES string of the molecule is Cc1ccc(NC(=O)NCC2(c3ccc(Cl)cc3)CC2)cc1C. The molecule has 0 heterocycles. The quantitative estimate of drug-likeness (QED) is 0.830. The molecule has 0 aromatic heterocycles. The van der Waals surface area contributed by atoms with Crippen LogP contribution in [0.25, 0.3) is 0 Å². The van der Waals surface area contributed by atoms with Gasteiger partial charge in [0, 0.05) is 22.7 Å². The van der Waals surface area contributed by atoms with Gasteiger partial charge in [0.2, 0.25) is 0 Å². The minimum Gasteiger partial charge on any atom is -0.337 e. The Hall–Kier alpha value is -2.00. The van der Waals surface area contributed by atoms with Crippen molar-refractivity contribution in [3.05, 3.63) is 64.2 Å². The largest absolute Gasteiger partial charge is 0.337 e. The summed E-state index contributed by atoms with van der Waals surface area (Å²) in [5, 5.41) is 6.64. The maximum Gasteiger partial charge on any atom is 0.319 e. The first kappa shape index (κ1) is 15.9. The normalized spacial score (nSPS) is 15.1. The van der Waals surface area contributed by atoms with E-state index in [4.69, 9.17) is 11.6 Å². The Kier molecular flexibility index (Phi) is 4.31. The fourth-order valence-corrected chi connectivity index (χ4v) is 2.89. The van der Waals surface area contributed by atoms with E-state index >= 15 is 0 Å². The molecule has 2 N–H and O–H groups in total. The standard InChI is InChI=1S/C19H21ClN2O/c1-13-3-8-17(11-14(13)2)22-18(23)21-12-19(9-10-19)15-4-6-16(20)7-5-15/h3-8,11H,9-10,12H2,1-2H3,(H2,21,22,23). The third-order valence-electron chi connectivity index (χ3n) is 4.66. The summed E-state index contributed by atoms with van der Waals surface area (Å²) in [5.41, 5.74) is 4.53. The lowest BCUT2D eigenvalue weighted by molar-refractivity contribution is 0.251. The van der Waals surface area contributed by atoms with Crippen LogP contribution >= 0.6 is 11.6 Å². The first-order chi connectivity index (χ1) is 11.0. The van der Waals surface area contributed by atoms with Crippen LogP contribution in [0.4, 0.5) is 10.5 Å². The number of hydrogen-bond acceptors (Lipinski definition) is 1. The van der Waals surface area contributed by atoms with E-state index in [0.29, 0.717) is 6.54 Å². The number of hydrogen-bond donors (Lipinski definition) is 2. The van der Waals surface area contributed by atoms with Crippen molar-refractivity contribution in [1.29, 1.82) is 0 Å². The molecule has 0 saturated heterocycles. The molecule has 1 aliphatic carbocycles. The second-order valence-corrected chi connectivity index (χ2v) is 6.83. The highest BCUT2D eigenvalue weighted by Crippen LogP contribution is 2.47. The molecule has 0 spiro atoms. The molecule has 1 saturated carbocycles. The number of anilines is 1. The molecular formula is C19H21ClN2O. The van der Waals surface area contributed by atoms with E-state index in [1.807, 2.05) is 37.3 Å². The Labute approximate surface area is 142 Å². The Morgan fingerprint density at radius 3 is 2.39 bits per heavy atom. The molecule has 3 rings (SSSR count). The minimum atomic E-state index is -0.159. The summed E-state index contributed by atoms with van der Waals surface area (Å²) in [6, 6.07) is 13.7. The first-order valence-electron chi connectivity index (χ1n) is 7.87. The number of urea groups is 1. The van der Waals surface area contributed by atoms with Gasteiger partial charge < -0.3 is 10.6 Å². The van der Waals surface area contributed by atoms with Gasteiger partial charge in [-0.25, -0.2) is 4.79 Å². The second-order valence-electron chi connectivity index (χ2n) is 6.39. The van der Waals surface area contributed by atoms with Gasteiger partial charge in [0.1, 0.15) is 0 Å². The van der Waals surface area contributed by atoms with Crippen LogP contribution in [-0.2, 0) is 5.41 Å². The van der Waals surface area contributed by atoms with Gasteiger partial charge in [-0.2, -0.15) is 0 Å². The van der Waals surface area contributed by atoms with Crippen molar-refractivity contribution in [3.63, 3.8) is 0 Å². The molecule has 2 amide bonds. The van der Waals surface area contributed by atoms with Crippen molar-refractivity contribution < 1.29 is 4.79 Å². The molecule has 120 valence electrons. The molecule has 23 heavy (non-hydrogen) atoms. The van der Waals surface area contributed by atoms with Gasteiger partial charge in [0.05, 0.1) is 0 Å². The molecule has 0 unspecified atom stereocenters. The number of benzene rings is 2. The monoisotopic (exact) mass is 328 g/mol. The molecule has 2 aromatic rings. The van der Waals surface area contributed by atoms with Crippen molar-refractivity contribution in [3.8, 4) is 0 Å². The summed E-state index contributed by atoms with van der Waals surface area (Å²) in [6.07, 6.45) is 2.19. The van der Waals surface area contributed by atoms with Crippen molar-refractivity contribution in [1.82, 2.24) is 5.32 Å². The third kappa shape index (κ3) is 3.67. The van der Waals surface area contributed by atoms with Crippen LogP contribution in [0.1, 0.15) is 29.5 Å². The Morgan fingerprint density at radius 2 is 1.78 bits per heavy atom. The molecule has 2 aromatic carbocycles. The fraction of sp³-hybridized carbons (Fsp3) is 0.316. The predicted octanol–water partition coefficient (Wildman–Crippen LogP) is 4.81. The lowest BCUT2D eigenvalue weighted by atomic mass is 9.96. The van der Waals surface area contributed by atoms with Gasteiger partial charge in [0.25, 0.3) is 0 Å². The van der Waals surface area contributed by atoms with Crippen LogP contribution in [0, 0.1) is 13.8 Å². The van der Waals surface area contributed by atoms with E-state index in [2.05, 4.69) is 29.7 Å². The Balaban J connectivity index is 1.58. The maximum absolute atomic E-state index is 12.1. The lowest BCUT2D eigenvalue weighted by Crippen LogP contribution is -2.35. The molecule has 3 nitrogen and oxygen atoms in total. The number of halogens is 1. The lowest BCUT2D eigenvalue weighted by Gasteiger charge is -2.17. The number of aryl methyl sites for hydroxylation is 2. The summed E-state index contributed by atoms with van der Waals surface area (Å²) in [7, 11) is 0. The number of carbonyl (C=O) groups is 1. The zero-order valence-electron chi connectivity index (χ0n) is 13.4. The van der Waals surface area contributed by atoms with E-state index in [1.54, 1.807) is 0 Å². The van der Waals surface area contributed by atoms with E-state index in [0.717, 1.165) is 23.6 Å². The van der Waals surface area contributed by atoms with Crippen LogP contribution in [0.3, 0.4) is 0 Å². The number of nitrogens with one attached hydrogen (secondary N) is 2. The van der Waals surface area contributed by atoms with E-state index in [1.165, 1.54) is 16.7 Å². The van der Waals surface area contributed by atoms with Crippen molar-refractivity contribution in [2.75, 3.05) is 11.9 Å². The van der Waals surface area contributed by atoms with Gasteiger partial charge >= 0.3 is 6.03 Å². The molecule has 0 aliphatic heterocycles. The van der Waals surface area contributed by atoms with Crippen LogP contribution < -0.4 is 10.6 Å². The molecule has 0 radical (unpaired) electrons. The molecular weight excluding hydrogens is 308 g/mol. The molecule has 0 atom stereocenters. The highest BCUT2D eigenvalue weighted by molar-refractivity contribution is 6.30. The second kappa shape index (κ2) is 6.25. The van der Waals surface area contributed by atoms with Crippen LogP contribution in [-0.4, -0.2) is 12.6 Å². The number of carbonyl (C=O) groups excluding carboxylic acids is 1. The van der Waals surface area contributed by atoms with Crippen LogP contribution in [0.5, 0.6) is 0 Å². The summed E-state index contributed by atoms with van der Waals surface area (Å²) < 4.78 is 0. The first-order valence-corrected chi connectivity index (χ1v) is 8.24. The van der Waals surface area contributed by atoms with Crippen molar-refractivity contribution >= 4 is 23.3 Å². The van der Waals surface area contributed by atoms with Crippen molar-refractivity contribution in [2.24, 2.45) is 0 Å². The maximum atomic E-state index is 12.1. The average molecular weight is 329 g/mol. The van der Waals surface area contributed by atoms with E-state index < -0.39 is 0 Å². The zero-order valence-corrected chi connectivity index (χ0v) is 14.2. The Morgan fingerprint density at radius 1 is 1.09 bits per heavy atom. The van der Waals surface area contributed by atoms with Crippen LogP contribution in [0.15, 0.2) is 42.5 Å². The predicted molar refractivity (Wildman–Crippen MR) is 95.3 cm³/mol. The molecule has 4 heteroatoms. The Bertz CT molecular complexity index is 721. The third-order valence-corrected chi connectivity index (χ3v) is 4.91. The van der Waals surface area contributed by atoms with Crippen LogP contribution in [0.2, 0.25) is 5.02 Å². The smallest absolute Gasteiger partial charge is 0.319 e. The molecule has 1 aliphatic rings. The highest BCUT2D eigenvalue weighted by atomic mass is 35.5. The summed E-state index contributed by atoms with van der Waals surface area (Å²) in [4.78, 5) is 12.1. The summed E-state index contributed by atoms with van der Waals surface area (Å²) >= 11 is 5.94. The average Bonchev–Trinajstić information content (AvgIpc) is 3.31. The summed E-state index contributed by atoms with van der Waals surface area (Å²) in [6.45, 7) is 4.74. The van der Waals surface area contributed by atoms with Gasteiger partial charge in [0.15, 0.2) is 0 Å².